The van der Waals surface area contributed by atoms with Crippen LogP contribution < -0.4 is 16.2 Å². The fourth-order valence-electron chi connectivity index (χ4n) is 3.01. The number of carbonyl (C=O) groups excluding carboxylic acids is 2. The lowest BCUT2D eigenvalue weighted by Gasteiger charge is -2.06. The highest BCUT2D eigenvalue weighted by atomic mass is 32.1. The van der Waals surface area contributed by atoms with Crippen molar-refractivity contribution in [2.24, 2.45) is 0 Å². The summed E-state index contributed by atoms with van der Waals surface area (Å²) in [7, 11) is 0. The Balaban J connectivity index is 1.55. The first kappa shape index (κ1) is 19.6. The van der Waals surface area contributed by atoms with Crippen LogP contribution in [0.4, 0.5) is 5.69 Å². The Bertz CT molecular complexity index is 1260. The summed E-state index contributed by atoms with van der Waals surface area (Å²) >= 11 is 1.15. The van der Waals surface area contributed by atoms with E-state index in [0.29, 0.717) is 32.1 Å². The van der Waals surface area contributed by atoms with Crippen LogP contribution in [0, 0.1) is 6.92 Å². The number of aryl methyl sites for hydroxylation is 1. The summed E-state index contributed by atoms with van der Waals surface area (Å²) in [6.45, 7) is 1.77. The molecule has 0 aliphatic heterocycles. The lowest BCUT2D eigenvalue weighted by molar-refractivity contribution is -0.122. The quantitative estimate of drug-likeness (QED) is 0.497. The third kappa shape index (κ3) is 4.01. The van der Waals surface area contributed by atoms with Crippen molar-refractivity contribution in [3.8, 4) is 0 Å². The van der Waals surface area contributed by atoms with Crippen molar-refractivity contribution in [1.29, 1.82) is 0 Å². The Morgan fingerprint density at radius 2 is 1.97 bits per heavy atom. The van der Waals surface area contributed by atoms with Crippen LogP contribution >= 0.6 is 11.3 Å². The molecule has 30 heavy (non-hydrogen) atoms. The number of fused-ring (bicyclic) bond motifs is 1. The highest BCUT2D eigenvalue weighted by Crippen LogP contribution is 2.27. The third-order valence-corrected chi connectivity index (χ3v) is 5.71. The van der Waals surface area contributed by atoms with Crippen molar-refractivity contribution < 1.29 is 14.0 Å². The first-order valence-electron chi connectivity index (χ1n) is 9.17. The lowest BCUT2D eigenvalue weighted by Crippen LogP contribution is -2.32. The van der Waals surface area contributed by atoms with Gasteiger partial charge in [0.15, 0.2) is 0 Å². The number of furan rings is 1. The minimum absolute atomic E-state index is 0.177. The van der Waals surface area contributed by atoms with Crippen molar-refractivity contribution in [3.05, 3.63) is 81.6 Å². The fraction of sp³-hybridized carbons (Fsp3) is 0.143. The number of nitrogens with one attached hydrogen (secondary N) is 2. The summed E-state index contributed by atoms with van der Waals surface area (Å²) in [6.07, 6.45) is 2.85. The molecule has 0 bridgehead atoms. The number of hydrogen-bond acceptors (Lipinski definition) is 6. The Labute approximate surface area is 175 Å². The Morgan fingerprint density at radius 3 is 2.70 bits per heavy atom. The molecule has 2 amide bonds. The van der Waals surface area contributed by atoms with Gasteiger partial charge in [0, 0.05) is 5.69 Å². The number of amides is 2. The molecular weight excluding hydrogens is 404 g/mol. The summed E-state index contributed by atoms with van der Waals surface area (Å²) in [4.78, 5) is 42.9. The molecule has 152 valence electrons. The van der Waals surface area contributed by atoms with Crippen LogP contribution in [-0.2, 0) is 17.9 Å². The SMILES string of the molecule is Cc1c(C(=O)Nc2ccccc2)sc2ncn(CC(=O)NCc3ccco3)c(=O)c12. The molecule has 3 aromatic heterocycles. The molecule has 0 atom stereocenters. The molecule has 0 fully saturated rings. The maximum absolute atomic E-state index is 12.9. The van der Waals surface area contributed by atoms with E-state index in [9.17, 15) is 14.4 Å². The molecule has 3 heterocycles. The van der Waals surface area contributed by atoms with Crippen molar-refractivity contribution in [2.45, 2.75) is 20.0 Å². The van der Waals surface area contributed by atoms with Crippen LogP contribution in [0.2, 0.25) is 0 Å². The van der Waals surface area contributed by atoms with E-state index in [1.165, 1.54) is 17.2 Å². The number of carbonyl (C=O) groups is 2. The van der Waals surface area contributed by atoms with Gasteiger partial charge in [0.2, 0.25) is 5.91 Å². The molecule has 4 rings (SSSR count). The van der Waals surface area contributed by atoms with Crippen LogP contribution in [0.5, 0.6) is 0 Å². The van der Waals surface area contributed by atoms with Gasteiger partial charge in [-0.3, -0.25) is 19.0 Å². The summed E-state index contributed by atoms with van der Waals surface area (Å²) in [5.41, 5.74) is 0.852. The molecule has 1 aromatic carbocycles. The number of para-hydroxylation sites is 1. The summed E-state index contributed by atoms with van der Waals surface area (Å²) in [5.74, 6) is -0.0274. The number of rotatable bonds is 6. The predicted molar refractivity (Wildman–Crippen MR) is 114 cm³/mol. The average molecular weight is 422 g/mol. The van der Waals surface area contributed by atoms with Gasteiger partial charge in [0.05, 0.1) is 29.4 Å². The molecule has 2 N–H and O–H groups in total. The van der Waals surface area contributed by atoms with Crippen LogP contribution in [0.15, 0.2) is 64.3 Å². The molecule has 0 aliphatic carbocycles. The maximum atomic E-state index is 12.9. The van der Waals surface area contributed by atoms with E-state index in [4.69, 9.17) is 4.42 Å². The van der Waals surface area contributed by atoms with Gasteiger partial charge in [-0.15, -0.1) is 11.3 Å². The molecule has 0 saturated heterocycles. The first-order valence-corrected chi connectivity index (χ1v) is 9.98. The summed E-state index contributed by atoms with van der Waals surface area (Å²) in [5, 5.41) is 5.86. The van der Waals surface area contributed by atoms with Crippen molar-refractivity contribution in [1.82, 2.24) is 14.9 Å². The van der Waals surface area contributed by atoms with Crippen molar-refractivity contribution >= 4 is 39.1 Å². The number of anilines is 1. The highest BCUT2D eigenvalue weighted by Gasteiger charge is 2.20. The van der Waals surface area contributed by atoms with Crippen LogP contribution in [0.25, 0.3) is 10.2 Å². The minimum Gasteiger partial charge on any atom is -0.467 e. The Hall–Kier alpha value is -3.72. The third-order valence-electron chi connectivity index (χ3n) is 4.51. The molecule has 8 nitrogen and oxygen atoms in total. The average Bonchev–Trinajstić information content (AvgIpc) is 3.37. The summed E-state index contributed by atoms with van der Waals surface area (Å²) < 4.78 is 6.40. The van der Waals surface area contributed by atoms with Gasteiger partial charge in [0.1, 0.15) is 17.1 Å². The zero-order valence-corrected chi connectivity index (χ0v) is 16.9. The number of hydrogen-bond donors (Lipinski definition) is 2. The monoisotopic (exact) mass is 422 g/mol. The zero-order chi connectivity index (χ0) is 21.1. The highest BCUT2D eigenvalue weighted by molar-refractivity contribution is 7.20. The van der Waals surface area contributed by atoms with Gasteiger partial charge < -0.3 is 15.1 Å². The van der Waals surface area contributed by atoms with Crippen LogP contribution in [0.1, 0.15) is 21.0 Å². The summed E-state index contributed by atoms with van der Waals surface area (Å²) in [6, 6.07) is 12.6. The molecular formula is C21H18N4O4S. The van der Waals surface area contributed by atoms with E-state index < -0.39 is 0 Å². The minimum atomic E-state index is -0.361. The fourth-order valence-corrected chi connectivity index (χ4v) is 4.04. The van der Waals surface area contributed by atoms with E-state index in [1.54, 1.807) is 31.2 Å². The molecule has 9 heteroatoms. The Morgan fingerprint density at radius 1 is 1.17 bits per heavy atom. The normalized spacial score (nSPS) is 10.8. The zero-order valence-electron chi connectivity index (χ0n) is 16.0. The van der Waals surface area contributed by atoms with E-state index in [0.717, 1.165) is 11.3 Å². The first-order chi connectivity index (χ1) is 14.5. The second-order valence-corrected chi connectivity index (χ2v) is 7.59. The maximum Gasteiger partial charge on any atom is 0.266 e. The van der Waals surface area contributed by atoms with E-state index in [-0.39, 0.29) is 30.5 Å². The van der Waals surface area contributed by atoms with Gasteiger partial charge in [-0.25, -0.2) is 4.98 Å². The van der Waals surface area contributed by atoms with Gasteiger partial charge in [0.25, 0.3) is 11.5 Å². The number of aromatic nitrogens is 2. The topological polar surface area (TPSA) is 106 Å². The number of thiophene rings is 1. The van der Waals surface area contributed by atoms with E-state index >= 15 is 0 Å². The van der Waals surface area contributed by atoms with Gasteiger partial charge in [-0.05, 0) is 36.8 Å². The van der Waals surface area contributed by atoms with E-state index in [1.807, 2.05) is 18.2 Å². The predicted octanol–water partition coefficient (Wildman–Crippen LogP) is 2.93. The van der Waals surface area contributed by atoms with Crippen molar-refractivity contribution in [3.63, 3.8) is 0 Å². The molecule has 0 saturated carbocycles. The molecule has 0 spiro atoms. The number of benzene rings is 1. The van der Waals surface area contributed by atoms with Crippen molar-refractivity contribution in [2.75, 3.05) is 5.32 Å². The molecule has 0 unspecified atom stereocenters. The molecule has 0 aliphatic rings. The molecule has 4 aromatic rings. The second-order valence-electron chi connectivity index (χ2n) is 6.59. The number of nitrogens with zero attached hydrogens (tertiary/aromatic N) is 2. The smallest absolute Gasteiger partial charge is 0.266 e. The standard InChI is InChI=1S/C21H18N4O4S/c1-13-17-20(30-18(13)19(27)24-14-6-3-2-4-7-14)23-12-25(21(17)28)11-16(26)22-10-15-8-5-9-29-15/h2-9,12H,10-11H2,1H3,(H,22,26)(H,24,27). The lowest BCUT2D eigenvalue weighted by atomic mass is 10.2. The molecule has 0 radical (unpaired) electrons. The largest absolute Gasteiger partial charge is 0.467 e. The van der Waals surface area contributed by atoms with Crippen LogP contribution in [-0.4, -0.2) is 21.4 Å². The Kier molecular flexibility index (Phi) is 5.44. The van der Waals surface area contributed by atoms with Gasteiger partial charge >= 0.3 is 0 Å². The van der Waals surface area contributed by atoms with E-state index in [2.05, 4.69) is 15.6 Å². The van der Waals surface area contributed by atoms with Crippen LogP contribution in [0.3, 0.4) is 0 Å². The van der Waals surface area contributed by atoms with Gasteiger partial charge in [-0.2, -0.15) is 0 Å². The second kappa shape index (κ2) is 8.34. The van der Waals surface area contributed by atoms with Gasteiger partial charge in [-0.1, -0.05) is 18.2 Å².